The molecule has 0 bridgehead atoms. The minimum Gasteiger partial charge on any atom is -0.267 e. The second-order valence-corrected chi connectivity index (χ2v) is 6.04. The van der Waals surface area contributed by atoms with Crippen molar-refractivity contribution in [3.8, 4) is 0 Å². The lowest BCUT2D eigenvalue weighted by Gasteiger charge is -2.02. The molecule has 0 saturated carbocycles. The van der Waals surface area contributed by atoms with Gasteiger partial charge in [-0.2, -0.15) is 5.10 Å². The van der Waals surface area contributed by atoms with Crippen molar-refractivity contribution in [2.24, 2.45) is 5.10 Å². The number of fused-ring (bicyclic) bond motifs is 1. The first-order valence-electron chi connectivity index (χ1n) is 6.78. The molecule has 1 N–H and O–H groups in total. The number of nitrogens with one attached hydrogen (secondary N) is 1. The van der Waals surface area contributed by atoms with Crippen molar-refractivity contribution < 1.29 is 4.79 Å². The Bertz CT molecular complexity index is 911. The van der Waals surface area contributed by atoms with E-state index in [-0.39, 0.29) is 5.91 Å². The largest absolute Gasteiger partial charge is 0.271 e. The molecule has 0 saturated heterocycles. The summed E-state index contributed by atoms with van der Waals surface area (Å²) < 4.78 is 0.830. The van der Waals surface area contributed by atoms with Gasteiger partial charge in [-0.1, -0.05) is 51.8 Å². The number of carbonyl (C=O) groups is 1. The van der Waals surface area contributed by atoms with Crippen LogP contribution in [0.2, 0.25) is 5.15 Å². The molecule has 0 spiro atoms. The van der Waals surface area contributed by atoms with E-state index in [1.54, 1.807) is 18.2 Å². The number of aromatic nitrogens is 1. The average Bonchev–Trinajstić information content (AvgIpc) is 2.55. The second-order valence-electron chi connectivity index (χ2n) is 4.77. The second kappa shape index (κ2) is 6.89. The molecule has 1 amide bonds. The molecule has 0 atom stereocenters. The van der Waals surface area contributed by atoms with Crippen molar-refractivity contribution in [3.63, 3.8) is 0 Å². The number of hydrogen-bond donors (Lipinski definition) is 1. The third-order valence-corrected chi connectivity index (χ3v) is 3.96. The molecule has 1 aromatic heterocycles. The molecule has 6 heteroatoms. The highest BCUT2D eigenvalue weighted by atomic mass is 79.9. The van der Waals surface area contributed by atoms with Crippen LogP contribution in [-0.2, 0) is 0 Å². The van der Waals surface area contributed by atoms with Gasteiger partial charge in [-0.15, -0.1) is 0 Å². The van der Waals surface area contributed by atoms with Gasteiger partial charge in [0.1, 0.15) is 5.15 Å². The first-order chi connectivity index (χ1) is 11.1. The average molecular weight is 389 g/mol. The lowest BCUT2D eigenvalue weighted by atomic mass is 10.2. The third-order valence-electron chi connectivity index (χ3n) is 3.16. The van der Waals surface area contributed by atoms with Crippen molar-refractivity contribution in [1.29, 1.82) is 0 Å². The monoisotopic (exact) mass is 387 g/mol. The van der Waals surface area contributed by atoms with Gasteiger partial charge in [0, 0.05) is 21.0 Å². The summed E-state index contributed by atoms with van der Waals surface area (Å²) in [5.74, 6) is -0.299. The van der Waals surface area contributed by atoms with E-state index in [2.05, 4.69) is 31.4 Å². The van der Waals surface area contributed by atoms with Crippen LogP contribution in [0.25, 0.3) is 10.9 Å². The summed E-state index contributed by atoms with van der Waals surface area (Å²) >= 11 is 9.46. The highest BCUT2D eigenvalue weighted by Crippen LogP contribution is 2.19. The van der Waals surface area contributed by atoms with Crippen LogP contribution in [0.3, 0.4) is 0 Å². The van der Waals surface area contributed by atoms with Gasteiger partial charge >= 0.3 is 0 Å². The van der Waals surface area contributed by atoms with Gasteiger partial charge < -0.3 is 0 Å². The maximum atomic E-state index is 12.0. The minimum atomic E-state index is -0.299. The van der Waals surface area contributed by atoms with Crippen molar-refractivity contribution in [3.05, 3.63) is 75.4 Å². The van der Waals surface area contributed by atoms with E-state index >= 15 is 0 Å². The van der Waals surface area contributed by atoms with Crippen LogP contribution < -0.4 is 5.43 Å². The fourth-order valence-corrected chi connectivity index (χ4v) is 2.65. The minimum absolute atomic E-state index is 0.299. The van der Waals surface area contributed by atoms with Crippen LogP contribution in [0, 0.1) is 0 Å². The van der Waals surface area contributed by atoms with E-state index in [0.717, 1.165) is 15.4 Å². The molecule has 23 heavy (non-hydrogen) atoms. The molecule has 1 heterocycles. The van der Waals surface area contributed by atoms with E-state index in [4.69, 9.17) is 11.6 Å². The highest BCUT2D eigenvalue weighted by molar-refractivity contribution is 9.10. The van der Waals surface area contributed by atoms with Crippen LogP contribution in [-0.4, -0.2) is 17.1 Å². The zero-order valence-corrected chi connectivity index (χ0v) is 14.2. The van der Waals surface area contributed by atoms with E-state index in [0.29, 0.717) is 16.3 Å². The van der Waals surface area contributed by atoms with Crippen LogP contribution in [0.4, 0.5) is 0 Å². The number of para-hydroxylation sites is 1. The molecule has 3 aromatic rings. The molecule has 0 fully saturated rings. The van der Waals surface area contributed by atoms with E-state index in [1.807, 2.05) is 36.4 Å². The number of rotatable bonds is 3. The zero-order chi connectivity index (χ0) is 16.2. The van der Waals surface area contributed by atoms with E-state index in [9.17, 15) is 4.79 Å². The number of hydrazone groups is 1. The van der Waals surface area contributed by atoms with Gasteiger partial charge in [0.05, 0.1) is 11.7 Å². The normalized spacial score (nSPS) is 11.0. The maximum absolute atomic E-state index is 12.0. The predicted octanol–water partition coefficient (Wildman–Crippen LogP) is 4.41. The third kappa shape index (κ3) is 3.75. The van der Waals surface area contributed by atoms with E-state index < -0.39 is 0 Å². The molecule has 0 unspecified atom stereocenters. The molecule has 0 aliphatic carbocycles. The highest BCUT2D eigenvalue weighted by Gasteiger charge is 2.05. The van der Waals surface area contributed by atoms with Gasteiger partial charge in [-0.05, 0) is 30.3 Å². The van der Waals surface area contributed by atoms with Gasteiger partial charge in [-0.3, -0.25) is 4.79 Å². The van der Waals surface area contributed by atoms with Gasteiger partial charge in [0.15, 0.2) is 0 Å². The number of carbonyl (C=O) groups excluding carboxylic acids is 1. The molecule has 0 aliphatic rings. The summed E-state index contributed by atoms with van der Waals surface area (Å²) in [6.45, 7) is 0. The van der Waals surface area contributed by atoms with Gasteiger partial charge in [0.2, 0.25) is 0 Å². The summed E-state index contributed by atoms with van der Waals surface area (Å²) in [5.41, 5.74) is 4.44. The molecular formula is C17H11BrClN3O. The maximum Gasteiger partial charge on any atom is 0.271 e. The topological polar surface area (TPSA) is 54.4 Å². The Balaban J connectivity index is 1.78. The molecule has 114 valence electrons. The standard InChI is InChI=1S/C17H11BrClN3O/c18-14-6-3-5-12(9-14)17(23)22-20-10-13-8-11-4-1-2-7-15(11)21-16(13)19/h1-10H,(H,22,23). The first-order valence-corrected chi connectivity index (χ1v) is 7.95. The number of halogens is 2. The van der Waals surface area contributed by atoms with Gasteiger partial charge in [0.25, 0.3) is 5.91 Å². The fourth-order valence-electron chi connectivity index (χ4n) is 2.05. The molecule has 3 rings (SSSR count). The Kier molecular flexibility index (Phi) is 4.69. The number of benzene rings is 2. The van der Waals surface area contributed by atoms with E-state index in [1.165, 1.54) is 6.21 Å². The smallest absolute Gasteiger partial charge is 0.267 e. The molecule has 2 aromatic carbocycles. The van der Waals surface area contributed by atoms with Crippen LogP contribution in [0.1, 0.15) is 15.9 Å². The summed E-state index contributed by atoms with van der Waals surface area (Å²) in [6, 6.07) is 16.6. The van der Waals surface area contributed by atoms with Crippen LogP contribution in [0.5, 0.6) is 0 Å². The lowest BCUT2D eigenvalue weighted by molar-refractivity contribution is 0.0955. The molecule has 0 radical (unpaired) electrons. The number of pyridine rings is 1. The SMILES string of the molecule is O=C(NN=Cc1cc2ccccc2nc1Cl)c1cccc(Br)c1. The number of hydrogen-bond acceptors (Lipinski definition) is 3. The quantitative estimate of drug-likeness (QED) is 0.410. The van der Waals surface area contributed by atoms with Crippen molar-refractivity contribution in [2.75, 3.05) is 0 Å². The Morgan fingerprint density at radius 3 is 2.83 bits per heavy atom. The summed E-state index contributed by atoms with van der Waals surface area (Å²) in [5, 5.41) is 5.24. The number of amides is 1. The molecule has 0 aliphatic heterocycles. The van der Waals surface area contributed by atoms with Gasteiger partial charge in [-0.25, -0.2) is 10.4 Å². The number of nitrogens with zero attached hydrogens (tertiary/aromatic N) is 2. The summed E-state index contributed by atoms with van der Waals surface area (Å²) in [7, 11) is 0. The Labute approximate surface area is 146 Å². The van der Waals surface area contributed by atoms with Crippen molar-refractivity contribution >= 4 is 50.6 Å². The summed E-state index contributed by atoms with van der Waals surface area (Å²) in [4.78, 5) is 16.3. The predicted molar refractivity (Wildman–Crippen MR) is 96.0 cm³/mol. The first kappa shape index (κ1) is 15.6. The van der Waals surface area contributed by atoms with Crippen LogP contribution in [0.15, 0.2) is 64.2 Å². The molecule has 4 nitrogen and oxygen atoms in total. The fraction of sp³-hybridized carbons (Fsp3) is 0. The Hall–Kier alpha value is -2.24. The summed E-state index contributed by atoms with van der Waals surface area (Å²) in [6.07, 6.45) is 1.48. The Morgan fingerprint density at radius 1 is 1.17 bits per heavy atom. The van der Waals surface area contributed by atoms with Crippen molar-refractivity contribution in [2.45, 2.75) is 0 Å². The van der Waals surface area contributed by atoms with Crippen molar-refractivity contribution in [1.82, 2.24) is 10.4 Å². The lowest BCUT2D eigenvalue weighted by Crippen LogP contribution is -2.17. The Morgan fingerprint density at radius 2 is 2.00 bits per heavy atom. The molecular weight excluding hydrogens is 378 g/mol. The van der Waals surface area contributed by atoms with Crippen LogP contribution >= 0.6 is 27.5 Å². The zero-order valence-electron chi connectivity index (χ0n) is 11.8.